The number of thiazole rings is 1. The van der Waals surface area contributed by atoms with Gasteiger partial charge in [0.15, 0.2) is 5.84 Å². The van der Waals surface area contributed by atoms with Gasteiger partial charge in [0.05, 0.1) is 10.9 Å². The molecule has 0 saturated heterocycles. The van der Waals surface area contributed by atoms with Crippen LogP contribution in [0.3, 0.4) is 0 Å². The third-order valence-corrected chi connectivity index (χ3v) is 6.78. The molecule has 7 nitrogen and oxygen atoms in total. The standard InChI is InChI=1S/C18H17BrN4O3S2/c19-14-5-2-6-15(11-14)28(25,26)23-16(18-21-7-8-27-18)10-12-3-1-4-13(9-12)17(20)22-24/h1-9,11,16,23-24H,10H2,(H2,20,22)/t16-/m0/s1. The predicted molar refractivity (Wildman–Crippen MR) is 112 cm³/mol. The molecule has 0 radical (unpaired) electrons. The Morgan fingerprint density at radius 2 is 2.07 bits per heavy atom. The molecule has 1 heterocycles. The molecule has 0 fully saturated rings. The molecule has 0 aliphatic rings. The van der Waals surface area contributed by atoms with Crippen molar-refractivity contribution in [2.75, 3.05) is 0 Å². The van der Waals surface area contributed by atoms with Gasteiger partial charge in [-0.3, -0.25) is 0 Å². The summed E-state index contributed by atoms with van der Waals surface area (Å²) in [5.74, 6) is -0.0117. The maximum absolute atomic E-state index is 12.9. The summed E-state index contributed by atoms with van der Waals surface area (Å²) in [6.45, 7) is 0. The Labute approximate surface area is 175 Å². The van der Waals surface area contributed by atoms with Crippen LogP contribution in [0.5, 0.6) is 0 Å². The van der Waals surface area contributed by atoms with E-state index in [4.69, 9.17) is 10.9 Å². The molecule has 1 atom stereocenters. The fourth-order valence-electron chi connectivity index (χ4n) is 2.63. The molecule has 10 heteroatoms. The number of benzene rings is 2. The lowest BCUT2D eigenvalue weighted by atomic mass is 10.0. The minimum atomic E-state index is -3.76. The number of halogens is 1. The molecule has 28 heavy (non-hydrogen) atoms. The molecule has 0 saturated carbocycles. The smallest absolute Gasteiger partial charge is 0.241 e. The van der Waals surface area contributed by atoms with Crippen molar-refractivity contribution >= 4 is 43.1 Å². The van der Waals surface area contributed by atoms with Gasteiger partial charge in [-0.1, -0.05) is 45.4 Å². The third kappa shape index (κ3) is 4.96. The van der Waals surface area contributed by atoms with Gasteiger partial charge < -0.3 is 10.9 Å². The normalized spacial score (nSPS) is 13.4. The highest BCUT2D eigenvalue weighted by molar-refractivity contribution is 9.10. The monoisotopic (exact) mass is 480 g/mol. The summed E-state index contributed by atoms with van der Waals surface area (Å²) in [6, 6.07) is 13.0. The van der Waals surface area contributed by atoms with E-state index in [0.29, 0.717) is 21.5 Å². The minimum absolute atomic E-state index is 0.0117. The summed E-state index contributed by atoms with van der Waals surface area (Å²) >= 11 is 4.66. The van der Waals surface area contributed by atoms with E-state index in [-0.39, 0.29) is 10.7 Å². The topological polar surface area (TPSA) is 118 Å². The quantitative estimate of drug-likeness (QED) is 0.207. The second kappa shape index (κ2) is 8.82. The molecule has 0 unspecified atom stereocenters. The van der Waals surface area contributed by atoms with Gasteiger partial charge in [-0.15, -0.1) is 11.3 Å². The van der Waals surface area contributed by atoms with Gasteiger partial charge in [0.1, 0.15) is 5.01 Å². The molecule has 0 aliphatic heterocycles. The SMILES string of the molecule is NC(=NO)c1cccc(C[C@H](NS(=O)(=O)c2cccc(Br)c2)c2nccs2)c1. The number of nitrogens with zero attached hydrogens (tertiary/aromatic N) is 2. The van der Waals surface area contributed by atoms with Crippen LogP contribution in [0.1, 0.15) is 22.2 Å². The molecule has 1 aromatic heterocycles. The number of nitrogens with two attached hydrogens (primary N) is 1. The van der Waals surface area contributed by atoms with Gasteiger partial charge in [-0.2, -0.15) is 0 Å². The van der Waals surface area contributed by atoms with Crippen molar-refractivity contribution in [2.45, 2.75) is 17.4 Å². The third-order valence-electron chi connectivity index (χ3n) is 3.92. The lowest BCUT2D eigenvalue weighted by Gasteiger charge is -2.17. The summed E-state index contributed by atoms with van der Waals surface area (Å²) in [6.07, 6.45) is 1.99. The first kappa shape index (κ1) is 20.5. The fourth-order valence-corrected chi connectivity index (χ4v) is 5.19. The molecule has 0 spiro atoms. The maximum Gasteiger partial charge on any atom is 0.241 e. The van der Waals surface area contributed by atoms with Crippen molar-refractivity contribution in [2.24, 2.45) is 10.9 Å². The molecule has 146 valence electrons. The average molecular weight is 481 g/mol. The largest absolute Gasteiger partial charge is 0.409 e. The molecule has 4 N–H and O–H groups in total. The van der Waals surface area contributed by atoms with Crippen LogP contribution in [0.25, 0.3) is 0 Å². The molecule has 0 bridgehead atoms. The molecule has 2 aromatic carbocycles. The van der Waals surface area contributed by atoms with Gasteiger partial charge in [-0.05, 0) is 36.2 Å². The number of hydrogen-bond acceptors (Lipinski definition) is 6. The molecular weight excluding hydrogens is 464 g/mol. The minimum Gasteiger partial charge on any atom is -0.409 e. The highest BCUT2D eigenvalue weighted by atomic mass is 79.9. The van der Waals surface area contributed by atoms with Crippen LogP contribution >= 0.6 is 27.3 Å². The van der Waals surface area contributed by atoms with Crippen LogP contribution in [0, 0.1) is 0 Å². The van der Waals surface area contributed by atoms with Crippen molar-refractivity contribution in [3.8, 4) is 0 Å². The maximum atomic E-state index is 12.9. The van der Waals surface area contributed by atoms with E-state index < -0.39 is 16.1 Å². The number of nitrogens with one attached hydrogen (secondary N) is 1. The Morgan fingerprint density at radius 1 is 1.29 bits per heavy atom. The second-order valence-corrected chi connectivity index (χ2v) is 9.45. The summed E-state index contributed by atoms with van der Waals surface area (Å²) in [5, 5.41) is 14.3. The van der Waals surface area contributed by atoms with Crippen LogP contribution in [-0.4, -0.2) is 24.4 Å². The first-order valence-electron chi connectivity index (χ1n) is 8.13. The van der Waals surface area contributed by atoms with Crippen LogP contribution in [0.15, 0.2) is 74.6 Å². The predicted octanol–water partition coefficient (Wildman–Crippen LogP) is 3.26. The van der Waals surface area contributed by atoms with E-state index in [0.717, 1.165) is 5.56 Å². The van der Waals surface area contributed by atoms with Gasteiger partial charge in [0.25, 0.3) is 0 Å². The van der Waals surface area contributed by atoms with Crippen molar-refractivity contribution in [3.05, 3.63) is 80.7 Å². The summed E-state index contributed by atoms with van der Waals surface area (Å²) < 4.78 is 29.2. The van der Waals surface area contributed by atoms with E-state index >= 15 is 0 Å². The summed E-state index contributed by atoms with van der Waals surface area (Å²) in [4.78, 5) is 4.44. The lowest BCUT2D eigenvalue weighted by molar-refractivity contribution is 0.318. The first-order valence-corrected chi connectivity index (χ1v) is 11.3. The highest BCUT2D eigenvalue weighted by Gasteiger charge is 2.24. The zero-order valence-electron chi connectivity index (χ0n) is 14.5. The van der Waals surface area contributed by atoms with Crippen molar-refractivity contribution < 1.29 is 13.6 Å². The van der Waals surface area contributed by atoms with E-state index in [1.54, 1.807) is 48.0 Å². The Bertz CT molecular complexity index is 1090. The van der Waals surface area contributed by atoms with Crippen LogP contribution in [-0.2, 0) is 16.4 Å². The molecule has 3 rings (SSSR count). The highest BCUT2D eigenvalue weighted by Crippen LogP contribution is 2.24. The lowest BCUT2D eigenvalue weighted by Crippen LogP contribution is -2.30. The Kier molecular flexibility index (Phi) is 6.45. The second-order valence-electron chi connectivity index (χ2n) is 5.89. The van der Waals surface area contributed by atoms with Crippen LogP contribution in [0.4, 0.5) is 0 Å². The number of oxime groups is 1. The molecule has 0 aliphatic carbocycles. The van der Waals surface area contributed by atoms with Crippen molar-refractivity contribution in [1.82, 2.24) is 9.71 Å². The van der Waals surface area contributed by atoms with Gasteiger partial charge in [0, 0.05) is 21.6 Å². The van der Waals surface area contributed by atoms with Gasteiger partial charge in [0.2, 0.25) is 10.0 Å². The van der Waals surface area contributed by atoms with E-state index in [1.165, 1.54) is 17.4 Å². The van der Waals surface area contributed by atoms with Crippen molar-refractivity contribution in [1.29, 1.82) is 0 Å². The average Bonchev–Trinajstić information content (AvgIpc) is 3.22. The fraction of sp³-hybridized carbons (Fsp3) is 0.111. The zero-order valence-corrected chi connectivity index (χ0v) is 17.7. The number of aromatic nitrogens is 1. The van der Waals surface area contributed by atoms with Crippen LogP contribution < -0.4 is 10.5 Å². The molecule has 3 aromatic rings. The van der Waals surface area contributed by atoms with E-state index in [1.807, 2.05) is 6.07 Å². The molecular formula is C18H17BrN4O3S2. The number of hydrogen-bond donors (Lipinski definition) is 3. The first-order chi connectivity index (χ1) is 13.4. The Morgan fingerprint density at radius 3 is 2.75 bits per heavy atom. The zero-order chi connectivity index (χ0) is 20.1. The number of rotatable bonds is 7. The number of amidine groups is 1. The number of sulfonamides is 1. The van der Waals surface area contributed by atoms with Gasteiger partial charge in [-0.25, -0.2) is 18.1 Å². The van der Waals surface area contributed by atoms with E-state index in [2.05, 4.69) is 30.8 Å². The molecule has 0 amide bonds. The summed E-state index contributed by atoms with van der Waals surface area (Å²) in [7, 11) is -3.76. The van der Waals surface area contributed by atoms with Crippen molar-refractivity contribution in [3.63, 3.8) is 0 Å². The van der Waals surface area contributed by atoms with Gasteiger partial charge >= 0.3 is 0 Å². The van der Waals surface area contributed by atoms with Crippen LogP contribution in [0.2, 0.25) is 0 Å². The Hall–Kier alpha value is -2.27. The Balaban J connectivity index is 1.91. The van der Waals surface area contributed by atoms with E-state index in [9.17, 15) is 8.42 Å². The summed E-state index contributed by atoms with van der Waals surface area (Å²) in [5.41, 5.74) is 7.02.